The van der Waals surface area contributed by atoms with Gasteiger partial charge in [0.05, 0.1) is 0 Å². The first-order valence-electron chi connectivity index (χ1n) is 6.46. The van der Waals surface area contributed by atoms with Crippen LogP contribution in [0.5, 0.6) is 0 Å². The van der Waals surface area contributed by atoms with E-state index < -0.39 is 0 Å². The van der Waals surface area contributed by atoms with Gasteiger partial charge in [-0.05, 0) is 36.1 Å². The van der Waals surface area contributed by atoms with Crippen molar-refractivity contribution in [1.82, 2.24) is 0 Å². The van der Waals surface area contributed by atoms with Crippen LogP contribution in [0, 0.1) is 0 Å². The van der Waals surface area contributed by atoms with E-state index in [0.717, 1.165) is 24.1 Å². The number of hydrogen-bond donors (Lipinski definition) is 2. The highest BCUT2D eigenvalue weighted by Gasteiger charge is 2.21. The average Bonchev–Trinajstić information content (AvgIpc) is 2.81. The van der Waals surface area contributed by atoms with Crippen molar-refractivity contribution in [3.05, 3.63) is 65.2 Å². The van der Waals surface area contributed by atoms with Crippen molar-refractivity contribution in [1.29, 1.82) is 0 Å². The zero-order valence-corrected chi connectivity index (χ0v) is 11.4. The van der Waals surface area contributed by atoms with Crippen LogP contribution in [0.2, 0.25) is 0 Å². The Kier molecular flexibility index (Phi) is 3.22. The molecule has 0 atom stereocenters. The Morgan fingerprint density at radius 1 is 1.00 bits per heavy atom. The van der Waals surface area contributed by atoms with Gasteiger partial charge in [-0.2, -0.15) is 0 Å². The minimum Gasteiger partial charge on any atom is -0.389 e. The maximum absolute atomic E-state index is 5.76. The third-order valence-electron chi connectivity index (χ3n) is 3.60. The van der Waals surface area contributed by atoms with Crippen LogP contribution in [0.15, 0.2) is 48.5 Å². The van der Waals surface area contributed by atoms with Gasteiger partial charge in [0.1, 0.15) is 4.99 Å². The predicted molar refractivity (Wildman–Crippen MR) is 83.6 cm³/mol. The molecule has 1 aliphatic carbocycles. The zero-order chi connectivity index (χ0) is 13.2. The van der Waals surface area contributed by atoms with Crippen molar-refractivity contribution in [2.75, 3.05) is 5.32 Å². The molecular weight excluding hydrogens is 252 g/mol. The Balaban J connectivity index is 1.80. The number of thiocarbonyl (C=S) groups is 1. The zero-order valence-electron chi connectivity index (χ0n) is 10.6. The summed E-state index contributed by atoms with van der Waals surface area (Å²) in [5.74, 6) is 0. The standard InChI is InChI=1S/C16H16N2S/c17-16(19)14-7-3-4-8-15(14)18-13-9-11-5-1-2-6-12(11)10-13/h1-8,13,18H,9-10H2,(H2,17,19). The highest BCUT2D eigenvalue weighted by molar-refractivity contribution is 7.80. The van der Waals surface area contributed by atoms with E-state index in [4.69, 9.17) is 18.0 Å². The number of benzene rings is 2. The van der Waals surface area contributed by atoms with Crippen molar-refractivity contribution in [2.24, 2.45) is 5.73 Å². The molecule has 19 heavy (non-hydrogen) atoms. The second-order valence-electron chi connectivity index (χ2n) is 4.93. The van der Waals surface area contributed by atoms with Gasteiger partial charge in [-0.3, -0.25) is 0 Å². The molecular formula is C16H16N2S. The molecule has 0 spiro atoms. The lowest BCUT2D eigenvalue weighted by molar-refractivity contribution is 0.774. The molecule has 0 saturated heterocycles. The molecule has 3 N–H and O–H groups in total. The molecule has 3 heteroatoms. The van der Waals surface area contributed by atoms with Crippen LogP contribution in [-0.4, -0.2) is 11.0 Å². The van der Waals surface area contributed by atoms with Crippen LogP contribution in [0.3, 0.4) is 0 Å². The highest BCUT2D eigenvalue weighted by Crippen LogP contribution is 2.25. The molecule has 0 bridgehead atoms. The minimum absolute atomic E-state index is 0.424. The molecule has 0 amide bonds. The van der Waals surface area contributed by atoms with Gasteiger partial charge >= 0.3 is 0 Å². The van der Waals surface area contributed by atoms with Gasteiger partial charge in [0.15, 0.2) is 0 Å². The van der Waals surface area contributed by atoms with Gasteiger partial charge in [0.2, 0.25) is 0 Å². The molecule has 0 fully saturated rings. The molecule has 1 aliphatic rings. The molecule has 0 aliphatic heterocycles. The Hall–Kier alpha value is -1.87. The third-order valence-corrected chi connectivity index (χ3v) is 3.82. The Labute approximate surface area is 118 Å². The lowest BCUT2D eigenvalue weighted by Crippen LogP contribution is -2.22. The summed E-state index contributed by atoms with van der Waals surface area (Å²) in [6.07, 6.45) is 2.11. The van der Waals surface area contributed by atoms with Gasteiger partial charge in [-0.25, -0.2) is 0 Å². The summed E-state index contributed by atoms with van der Waals surface area (Å²) in [7, 11) is 0. The Morgan fingerprint density at radius 3 is 2.21 bits per heavy atom. The van der Waals surface area contributed by atoms with E-state index in [0.29, 0.717) is 11.0 Å². The van der Waals surface area contributed by atoms with Gasteiger partial charge in [0.25, 0.3) is 0 Å². The first-order chi connectivity index (χ1) is 9.24. The maximum atomic E-state index is 5.76. The predicted octanol–water partition coefficient (Wildman–Crippen LogP) is 2.90. The molecule has 0 unspecified atom stereocenters. The van der Waals surface area contributed by atoms with Crippen molar-refractivity contribution < 1.29 is 0 Å². The summed E-state index contributed by atoms with van der Waals surface area (Å²) >= 11 is 5.10. The third kappa shape index (κ3) is 2.47. The molecule has 0 aromatic heterocycles. The maximum Gasteiger partial charge on any atom is 0.106 e. The smallest absolute Gasteiger partial charge is 0.106 e. The monoisotopic (exact) mass is 268 g/mol. The number of para-hydroxylation sites is 1. The normalized spacial score (nSPS) is 14.1. The molecule has 96 valence electrons. The molecule has 3 rings (SSSR count). The number of nitrogens with one attached hydrogen (secondary N) is 1. The molecule has 2 aromatic carbocycles. The molecule has 0 radical (unpaired) electrons. The fraction of sp³-hybridized carbons (Fsp3) is 0.188. The van der Waals surface area contributed by atoms with Crippen LogP contribution in [0.4, 0.5) is 5.69 Å². The number of fused-ring (bicyclic) bond motifs is 1. The molecule has 2 nitrogen and oxygen atoms in total. The van der Waals surface area contributed by atoms with E-state index in [1.54, 1.807) is 0 Å². The van der Waals surface area contributed by atoms with Gasteiger partial charge in [-0.15, -0.1) is 0 Å². The quantitative estimate of drug-likeness (QED) is 0.841. The lowest BCUT2D eigenvalue weighted by atomic mass is 10.1. The van der Waals surface area contributed by atoms with Crippen molar-refractivity contribution in [3.63, 3.8) is 0 Å². The lowest BCUT2D eigenvalue weighted by Gasteiger charge is -2.16. The second kappa shape index (κ2) is 5.02. The number of nitrogens with two attached hydrogens (primary N) is 1. The fourth-order valence-electron chi connectivity index (χ4n) is 2.70. The second-order valence-corrected chi connectivity index (χ2v) is 5.37. The summed E-state index contributed by atoms with van der Waals surface area (Å²) in [5, 5.41) is 3.57. The summed E-state index contributed by atoms with van der Waals surface area (Å²) in [5.41, 5.74) is 10.6. The average molecular weight is 268 g/mol. The number of hydrogen-bond acceptors (Lipinski definition) is 2. The minimum atomic E-state index is 0.424. The SMILES string of the molecule is NC(=S)c1ccccc1NC1Cc2ccccc2C1. The Bertz CT molecular complexity index is 597. The van der Waals surface area contributed by atoms with E-state index in [1.807, 2.05) is 24.3 Å². The van der Waals surface area contributed by atoms with Crippen molar-refractivity contribution in [3.8, 4) is 0 Å². The first-order valence-corrected chi connectivity index (χ1v) is 6.87. The van der Waals surface area contributed by atoms with E-state index in [-0.39, 0.29) is 0 Å². The molecule has 0 heterocycles. The first kappa shape index (κ1) is 12.2. The summed E-state index contributed by atoms with van der Waals surface area (Å²) in [4.78, 5) is 0.443. The summed E-state index contributed by atoms with van der Waals surface area (Å²) < 4.78 is 0. The summed E-state index contributed by atoms with van der Waals surface area (Å²) in [6.45, 7) is 0. The van der Waals surface area contributed by atoms with Crippen molar-refractivity contribution in [2.45, 2.75) is 18.9 Å². The van der Waals surface area contributed by atoms with E-state index in [9.17, 15) is 0 Å². The topological polar surface area (TPSA) is 38.0 Å². The number of anilines is 1. The van der Waals surface area contributed by atoms with E-state index in [2.05, 4.69) is 29.6 Å². The van der Waals surface area contributed by atoms with Crippen LogP contribution >= 0.6 is 12.2 Å². The van der Waals surface area contributed by atoms with Crippen LogP contribution in [0.25, 0.3) is 0 Å². The van der Waals surface area contributed by atoms with Crippen LogP contribution in [0.1, 0.15) is 16.7 Å². The molecule has 2 aromatic rings. The largest absolute Gasteiger partial charge is 0.389 e. The molecule has 0 saturated carbocycles. The fourth-order valence-corrected chi connectivity index (χ4v) is 2.88. The number of rotatable bonds is 3. The Morgan fingerprint density at radius 2 is 1.58 bits per heavy atom. The van der Waals surface area contributed by atoms with E-state index in [1.165, 1.54) is 11.1 Å². The van der Waals surface area contributed by atoms with Crippen molar-refractivity contribution >= 4 is 22.9 Å². The summed E-state index contributed by atoms with van der Waals surface area (Å²) in [6, 6.07) is 17.0. The van der Waals surface area contributed by atoms with E-state index >= 15 is 0 Å². The van der Waals surface area contributed by atoms with Gasteiger partial charge in [0, 0.05) is 17.3 Å². The van der Waals surface area contributed by atoms with Crippen LogP contribution in [-0.2, 0) is 12.8 Å². The van der Waals surface area contributed by atoms with Gasteiger partial charge < -0.3 is 11.1 Å². The highest BCUT2D eigenvalue weighted by atomic mass is 32.1. The van der Waals surface area contributed by atoms with Crippen LogP contribution < -0.4 is 11.1 Å². The van der Waals surface area contributed by atoms with Gasteiger partial charge in [-0.1, -0.05) is 48.6 Å².